The number of benzene rings is 4. The molecule has 34 heavy (non-hydrogen) atoms. The highest BCUT2D eigenvalue weighted by atomic mass is 79.9. The van der Waals surface area contributed by atoms with Gasteiger partial charge < -0.3 is 5.32 Å². The molecule has 0 fully saturated rings. The summed E-state index contributed by atoms with van der Waals surface area (Å²) in [5.41, 5.74) is 3.82. The number of sulfonamides is 1. The van der Waals surface area contributed by atoms with Crippen molar-refractivity contribution in [1.82, 2.24) is 0 Å². The minimum absolute atomic E-state index is 0.152. The summed E-state index contributed by atoms with van der Waals surface area (Å²) in [7, 11) is -3.75. The third kappa shape index (κ3) is 3.62. The Hall–Kier alpha value is -3.09. The summed E-state index contributed by atoms with van der Waals surface area (Å²) in [5, 5.41) is 5.57. The van der Waals surface area contributed by atoms with E-state index in [4.69, 9.17) is 0 Å². The molecule has 0 bridgehead atoms. The normalized spacial score (nSPS) is 21.0. The number of hydrogen-bond donors (Lipinski definition) is 2. The van der Waals surface area contributed by atoms with Crippen LogP contribution in [0.3, 0.4) is 0 Å². The summed E-state index contributed by atoms with van der Waals surface area (Å²) in [5.74, 6) is 0.497. The maximum atomic E-state index is 13.4. The molecule has 0 unspecified atom stereocenters. The van der Waals surface area contributed by atoms with Gasteiger partial charge in [-0.05, 0) is 59.2 Å². The Labute approximate surface area is 207 Å². The highest BCUT2D eigenvalue weighted by molar-refractivity contribution is 9.10. The molecule has 2 N–H and O–H groups in total. The highest BCUT2D eigenvalue weighted by Crippen LogP contribution is 2.51. The van der Waals surface area contributed by atoms with Gasteiger partial charge in [-0.2, -0.15) is 0 Å². The van der Waals surface area contributed by atoms with Gasteiger partial charge in [0, 0.05) is 21.5 Å². The molecule has 1 aliphatic carbocycles. The van der Waals surface area contributed by atoms with Crippen LogP contribution in [-0.4, -0.2) is 8.42 Å². The fourth-order valence-corrected chi connectivity index (χ4v) is 6.94. The van der Waals surface area contributed by atoms with Gasteiger partial charge in [0.05, 0.1) is 16.6 Å². The van der Waals surface area contributed by atoms with Crippen LogP contribution in [0.2, 0.25) is 0 Å². The Morgan fingerprint density at radius 1 is 0.882 bits per heavy atom. The second kappa shape index (κ2) is 8.29. The molecule has 0 radical (unpaired) electrons. The first-order valence-electron chi connectivity index (χ1n) is 11.3. The van der Waals surface area contributed by atoms with Crippen LogP contribution < -0.4 is 10.0 Å². The van der Waals surface area contributed by atoms with Gasteiger partial charge in [-0.15, -0.1) is 0 Å². The lowest BCUT2D eigenvalue weighted by Crippen LogP contribution is -2.29. The molecule has 170 valence electrons. The van der Waals surface area contributed by atoms with Gasteiger partial charge in [0.25, 0.3) is 10.0 Å². The van der Waals surface area contributed by atoms with Gasteiger partial charge in [-0.25, -0.2) is 8.42 Å². The van der Waals surface area contributed by atoms with E-state index in [-0.39, 0.29) is 16.9 Å². The van der Waals surface area contributed by atoms with Crippen molar-refractivity contribution in [2.45, 2.75) is 23.3 Å². The molecule has 2 aliphatic rings. The summed E-state index contributed by atoms with van der Waals surface area (Å²) in [4.78, 5) is 0.277. The second-order valence-corrected chi connectivity index (χ2v) is 11.4. The summed E-state index contributed by atoms with van der Waals surface area (Å²) in [6.07, 6.45) is 5.39. The van der Waals surface area contributed by atoms with Crippen molar-refractivity contribution in [2.75, 3.05) is 10.0 Å². The first kappa shape index (κ1) is 21.4. The van der Waals surface area contributed by atoms with Crippen molar-refractivity contribution in [3.63, 3.8) is 0 Å². The first-order valence-corrected chi connectivity index (χ1v) is 13.6. The van der Waals surface area contributed by atoms with Gasteiger partial charge >= 0.3 is 0 Å². The lowest BCUT2D eigenvalue weighted by Gasteiger charge is -2.38. The molecule has 0 amide bonds. The van der Waals surface area contributed by atoms with Crippen LogP contribution in [-0.2, 0) is 10.0 Å². The second-order valence-electron chi connectivity index (χ2n) is 8.88. The molecular weight excluding hydrogens is 508 g/mol. The Morgan fingerprint density at radius 2 is 1.68 bits per heavy atom. The van der Waals surface area contributed by atoms with Gasteiger partial charge in [0.1, 0.15) is 0 Å². The van der Waals surface area contributed by atoms with E-state index < -0.39 is 10.0 Å². The van der Waals surface area contributed by atoms with E-state index in [0.717, 1.165) is 32.9 Å². The van der Waals surface area contributed by atoms with E-state index in [1.165, 1.54) is 5.56 Å². The Kier molecular flexibility index (Phi) is 5.23. The van der Waals surface area contributed by atoms with E-state index in [1.807, 2.05) is 54.6 Å². The first-order chi connectivity index (χ1) is 16.5. The number of halogens is 1. The molecule has 1 heterocycles. The largest absolute Gasteiger partial charge is 0.378 e. The maximum absolute atomic E-state index is 13.4. The predicted molar refractivity (Wildman–Crippen MR) is 142 cm³/mol. The fraction of sp³-hybridized carbons (Fsp3) is 0.143. The van der Waals surface area contributed by atoms with E-state index in [2.05, 4.69) is 56.3 Å². The van der Waals surface area contributed by atoms with E-state index >= 15 is 0 Å². The molecular formula is C28H23BrN2O2S. The lowest BCUT2D eigenvalue weighted by atomic mass is 9.77. The molecule has 4 aromatic carbocycles. The minimum Gasteiger partial charge on any atom is -0.378 e. The highest BCUT2D eigenvalue weighted by Gasteiger charge is 2.39. The van der Waals surface area contributed by atoms with Crippen molar-refractivity contribution in [3.05, 3.63) is 113 Å². The van der Waals surface area contributed by atoms with Gasteiger partial charge in [-0.3, -0.25) is 4.72 Å². The van der Waals surface area contributed by atoms with Crippen molar-refractivity contribution in [2.24, 2.45) is 5.92 Å². The number of fused-ring (bicyclic) bond motifs is 4. The van der Waals surface area contributed by atoms with Crippen LogP contribution in [0.15, 0.2) is 106 Å². The summed E-state index contributed by atoms with van der Waals surface area (Å²) in [6.45, 7) is 0. The van der Waals surface area contributed by atoms with Crippen LogP contribution in [0.25, 0.3) is 10.8 Å². The Morgan fingerprint density at radius 3 is 2.56 bits per heavy atom. The minimum atomic E-state index is -3.75. The SMILES string of the molecule is O=S(=O)(Nc1cccc2ccccc12)c1ccc2c(c1)[C@@H]1C=CC[C@H]1[C@@H](c1ccccc1Br)N2. The predicted octanol–water partition coefficient (Wildman–Crippen LogP) is 7.23. The maximum Gasteiger partial charge on any atom is 0.261 e. The van der Waals surface area contributed by atoms with Crippen LogP contribution in [0.4, 0.5) is 11.4 Å². The average molecular weight is 531 g/mol. The van der Waals surface area contributed by atoms with Gasteiger partial charge in [-0.1, -0.05) is 82.7 Å². The van der Waals surface area contributed by atoms with Crippen molar-refractivity contribution >= 4 is 48.1 Å². The number of hydrogen-bond acceptors (Lipinski definition) is 3. The van der Waals surface area contributed by atoms with Gasteiger partial charge in [0.15, 0.2) is 0 Å². The molecule has 6 rings (SSSR count). The number of rotatable bonds is 4. The van der Waals surface area contributed by atoms with E-state index in [1.54, 1.807) is 12.1 Å². The zero-order valence-corrected chi connectivity index (χ0v) is 20.7. The molecule has 4 nitrogen and oxygen atoms in total. The van der Waals surface area contributed by atoms with Crippen molar-refractivity contribution in [3.8, 4) is 0 Å². The third-order valence-electron chi connectivity index (χ3n) is 6.92. The molecule has 0 aromatic heterocycles. The molecule has 3 atom stereocenters. The number of anilines is 2. The monoisotopic (exact) mass is 530 g/mol. The molecule has 4 aromatic rings. The van der Waals surface area contributed by atoms with Crippen molar-refractivity contribution < 1.29 is 8.42 Å². The number of allylic oxidation sites excluding steroid dienone is 2. The molecule has 0 saturated heterocycles. The zero-order valence-electron chi connectivity index (χ0n) is 18.3. The zero-order chi connectivity index (χ0) is 23.3. The average Bonchev–Trinajstić information content (AvgIpc) is 3.34. The topological polar surface area (TPSA) is 58.2 Å². The Balaban J connectivity index is 1.37. The van der Waals surface area contributed by atoms with Crippen molar-refractivity contribution in [1.29, 1.82) is 0 Å². The van der Waals surface area contributed by atoms with Crippen LogP contribution >= 0.6 is 15.9 Å². The number of nitrogens with one attached hydrogen (secondary N) is 2. The summed E-state index contributed by atoms with van der Waals surface area (Å²) < 4.78 is 30.7. The summed E-state index contributed by atoms with van der Waals surface area (Å²) >= 11 is 3.71. The third-order valence-corrected chi connectivity index (χ3v) is 9.00. The van der Waals surface area contributed by atoms with Crippen LogP contribution in [0.5, 0.6) is 0 Å². The molecule has 0 saturated carbocycles. The van der Waals surface area contributed by atoms with Crippen LogP contribution in [0.1, 0.15) is 29.5 Å². The van der Waals surface area contributed by atoms with E-state index in [0.29, 0.717) is 11.6 Å². The fourth-order valence-electron chi connectivity index (χ4n) is 5.29. The van der Waals surface area contributed by atoms with Gasteiger partial charge in [0.2, 0.25) is 0 Å². The standard InChI is InChI=1S/C28H23BrN2O2S/c29-25-13-4-3-10-23(25)28-22-12-6-11-21(22)24-17-19(15-16-26(24)30-28)34(32,33)31-27-14-5-8-18-7-1-2-9-20(18)27/h1-11,13-17,21-22,28,30-31H,12H2/t21-,22-,28+/m1/s1. The Bertz CT molecular complexity index is 1540. The van der Waals surface area contributed by atoms with Crippen LogP contribution in [0, 0.1) is 5.92 Å². The quantitative estimate of drug-likeness (QED) is 0.273. The smallest absolute Gasteiger partial charge is 0.261 e. The molecule has 1 aliphatic heterocycles. The lowest BCUT2D eigenvalue weighted by molar-refractivity contribution is 0.424. The van der Waals surface area contributed by atoms with E-state index in [9.17, 15) is 8.42 Å². The molecule has 6 heteroatoms. The molecule has 0 spiro atoms. The summed E-state index contributed by atoms with van der Waals surface area (Å²) in [6, 6.07) is 27.3.